The third-order valence-corrected chi connectivity index (χ3v) is 2.60. The number of amides is 1. The van der Waals surface area contributed by atoms with Gasteiger partial charge in [-0.3, -0.25) is 4.79 Å². The smallest absolute Gasteiger partial charge is 0.231 e. The number of hydrogen-bond acceptors (Lipinski definition) is 4. The highest BCUT2D eigenvalue weighted by atomic mass is 16.7. The van der Waals surface area contributed by atoms with Crippen LogP contribution in [-0.2, 0) is 4.79 Å². The second-order valence-electron chi connectivity index (χ2n) is 3.92. The van der Waals surface area contributed by atoms with Crippen molar-refractivity contribution in [1.82, 2.24) is 5.32 Å². The van der Waals surface area contributed by atoms with E-state index in [1.807, 2.05) is 20.0 Å². The fourth-order valence-corrected chi connectivity index (χ4v) is 1.63. The summed E-state index contributed by atoms with van der Waals surface area (Å²) in [7, 11) is 1.82. The first kappa shape index (κ1) is 11.7. The first-order valence-electron chi connectivity index (χ1n) is 5.55. The van der Waals surface area contributed by atoms with Gasteiger partial charge in [0.25, 0.3) is 0 Å². The van der Waals surface area contributed by atoms with Gasteiger partial charge in [-0.15, -0.1) is 0 Å². The maximum atomic E-state index is 11.6. The molecule has 2 rings (SSSR count). The lowest BCUT2D eigenvalue weighted by molar-refractivity contribution is -0.116. The number of ether oxygens (including phenoxy) is 2. The zero-order valence-electron chi connectivity index (χ0n) is 10.0. The van der Waals surface area contributed by atoms with E-state index in [0.717, 1.165) is 17.0 Å². The second kappa shape index (κ2) is 5.05. The molecule has 0 atom stereocenters. The zero-order valence-corrected chi connectivity index (χ0v) is 10.0. The summed E-state index contributed by atoms with van der Waals surface area (Å²) in [5.41, 5.74) is 1.74. The molecule has 0 aromatic heterocycles. The molecule has 0 saturated carbocycles. The molecule has 5 nitrogen and oxygen atoms in total. The number of nitrogens with one attached hydrogen (secondary N) is 2. The molecule has 5 heteroatoms. The molecule has 1 aliphatic rings. The average Bonchev–Trinajstić information content (AvgIpc) is 2.74. The summed E-state index contributed by atoms with van der Waals surface area (Å²) >= 11 is 0. The Morgan fingerprint density at radius 3 is 2.76 bits per heavy atom. The van der Waals surface area contributed by atoms with E-state index in [1.165, 1.54) is 0 Å². The number of fused-ring (bicyclic) bond motifs is 1. The van der Waals surface area contributed by atoms with E-state index in [4.69, 9.17) is 9.47 Å². The summed E-state index contributed by atoms with van der Waals surface area (Å²) in [6.45, 7) is 2.83. The normalized spacial score (nSPS) is 12.6. The fourth-order valence-electron chi connectivity index (χ4n) is 1.63. The van der Waals surface area contributed by atoms with Crippen LogP contribution in [0.4, 0.5) is 5.69 Å². The molecule has 1 amide bonds. The highest BCUT2D eigenvalue weighted by Gasteiger charge is 2.16. The topological polar surface area (TPSA) is 59.6 Å². The Balaban J connectivity index is 2.08. The van der Waals surface area contributed by atoms with Crippen molar-refractivity contribution in [2.24, 2.45) is 0 Å². The first-order chi connectivity index (χ1) is 8.20. The molecule has 0 spiro atoms. The van der Waals surface area contributed by atoms with Crippen LogP contribution >= 0.6 is 0 Å². The number of hydrogen-bond donors (Lipinski definition) is 2. The van der Waals surface area contributed by atoms with Gasteiger partial charge in [-0.05, 0) is 25.6 Å². The van der Waals surface area contributed by atoms with Crippen LogP contribution in [0.2, 0.25) is 0 Å². The van der Waals surface area contributed by atoms with Gasteiger partial charge in [0.15, 0.2) is 11.5 Å². The number of benzene rings is 1. The highest BCUT2D eigenvalue weighted by molar-refractivity contribution is 5.92. The number of aryl methyl sites for hydroxylation is 1. The van der Waals surface area contributed by atoms with Crippen molar-refractivity contribution < 1.29 is 14.3 Å². The molecule has 17 heavy (non-hydrogen) atoms. The van der Waals surface area contributed by atoms with Crippen molar-refractivity contribution in [1.29, 1.82) is 0 Å². The van der Waals surface area contributed by atoms with Crippen molar-refractivity contribution in [2.45, 2.75) is 13.3 Å². The minimum absolute atomic E-state index is 0.0127. The molecule has 0 radical (unpaired) electrons. The zero-order chi connectivity index (χ0) is 12.3. The van der Waals surface area contributed by atoms with Gasteiger partial charge in [-0.1, -0.05) is 0 Å². The van der Waals surface area contributed by atoms with Gasteiger partial charge >= 0.3 is 0 Å². The van der Waals surface area contributed by atoms with Gasteiger partial charge in [0.05, 0.1) is 0 Å². The van der Waals surface area contributed by atoms with Crippen molar-refractivity contribution in [3.63, 3.8) is 0 Å². The Morgan fingerprint density at radius 2 is 2.06 bits per heavy atom. The summed E-state index contributed by atoms with van der Waals surface area (Å²) in [5, 5.41) is 5.80. The molecule has 0 bridgehead atoms. The SMILES string of the molecule is CNCCC(=O)Nc1cc2c(cc1C)OCO2. The maximum absolute atomic E-state index is 11.6. The number of carbonyl (C=O) groups is 1. The van der Waals surface area contributed by atoms with Crippen LogP contribution < -0.4 is 20.1 Å². The number of carbonyl (C=O) groups excluding carboxylic acids is 1. The molecule has 1 aromatic rings. The van der Waals surface area contributed by atoms with Gasteiger partial charge in [0, 0.05) is 24.7 Å². The Bertz CT molecular complexity index is 432. The van der Waals surface area contributed by atoms with E-state index < -0.39 is 0 Å². The average molecular weight is 236 g/mol. The minimum atomic E-state index is -0.0127. The number of anilines is 1. The van der Waals surface area contributed by atoms with Crippen LogP contribution in [0.15, 0.2) is 12.1 Å². The Kier molecular flexibility index (Phi) is 3.49. The molecule has 1 heterocycles. The van der Waals surface area contributed by atoms with Crippen LogP contribution in [0.1, 0.15) is 12.0 Å². The first-order valence-corrected chi connectivity index (χ1v) is 5.55. The van der Waals surface area contributed by atoms with Crippen LogP contribution in [0.3, 0.4) is 0 Å². The van der Waals surface area contributed by atoms with Gasteiger partial charge in [-0.2, -0.15) is 0 Å². The molecule has 0 saturated heterocycles. The molecular weight excluding hydrogens is 220 g/mol. The summed E-state index contributed by atoms with van der Waals surface area (Å²) in [6, 6.07) is 3.67. The van der Waals surface area contributed by atoms with E-state index in [1.54, 1.807) is 6.07 Å². The third-order valence-electron chi connectivity index (χ3n) is 2.60. The maximum Gasteiger partial charge on any atom is 0.231 e. The molecular formula is C12H16N2O3. The summed E-state index contributed by atoms with van der Waals surface area (Å²) in [4.78, 5) is 11.6. The van der Waals surface area contributed by atoms with Gasteiger partial charge in [0.1, 0.15) is 0 Å². The molecule has 0 aliphatic carbocycles. The van der Waals surface area contributed by atoms with Crippen LogP contribution in [0.5, 0.6) is 11.5 Å². The molecule has 0 unspecified atom stereocenters. The third kappa shape index (κ3) is 2.68. The monoisotopic (exact) mass is 236 g/mol. The van der Waals surface area contributed by atoms with Gasteiger partial charge in [0.2, 0.25) is 12.7 Å². The fraction of sp³-hybridized carbons (Fsp3) is 0.417. The van der Waals surface area contributed by atoms with Crippen molar-refractivity contribution in [2.75, 3.05) is 25.7 Å². The molecule has 1 aromatic carbocycles. The van der Waals surface area contributed by atoms with Crippen molar-refractivity contribution in [3.05, 3.63) is 17.7 Å². The quantitative estimate of drug-likeness (QED) is 0.826. The Hall–Kier alpha value is -1.75. The largest absolute Gasteiger partial charge is 0.454 e. The van der Waals surface area contributed by atoms with E-state index in [0.29, 0.717) is 18.7 Å². The second-order valence-corrected chi connectivity index (χ2v) is 3.92. The van der Waals surface area contributed by atoms with Gasteiger partial charge in [-0.25, -0.2) is 0 Å². The van der Waals surface area contributed by atoms with Gasteiger partial charge < -0.3 is 20.1 Å². The number of rotatable bonds is 4. The lowest BCUT2D eigenvalue weighted by atomic mass is 10.1. The predicted molar refractivity (Wildman–Crippen MR) is 64.5 cm³/mol. The van der Waals surface area contributed by atoms with Crippen molar-refractivity contribution >= 4 is 11.6 Å². The van der Waals surface area contributed by atoms with Crippen molar-refractivity contribution in [3.8, 4) is 11.5 Å². The van der Waals surface area contributed by atoms with E-state index >= 15 is 0 Å². The molecule has 2 N–H and O–H groups in total. The lowest BCUT2D eigenvalue weighted by Crippen LogP contribution is -2.19. The summed E-state index contributed by atoms with van der Waals surface area (Å²) in [5.74, 6) is 1.40. The van der Waals surface area contributed by atoms with E-state index in [-0.39, 0.29) is 12.7 Å². The lowest BCUT2D eigenvalue weighted by Gasteiger charge is -2.09. The molecule has 92 valence electrons. The summed E-state index contributed by atoms with van der Waals surface area (Å²) < 4.78 is 10.5. The molecule has 0 fully saturated rings. The van der Waals surface area contributed by atoms with Crippen LogP contribution in [0, 0.1) is 6.92 Å². The Labute approximate surface area is 100 Å². The Morgan fingerprint density at radius 1 is 1.35 bits per heavy atom. The summed E-state index contributed by atoms with van der Waals surface area (Å²) in [6.07, 6.45) is 0.449. The highest BCUT2D eigenvalue weighted by Crippen LogP contribution is 2.36. The van der Waals surface area contributed by atoms with Crippen LogP contribution in [-0.4, -0.2) is 26.3 Å². The standard InChI is InChI=1S/C12H16N2O3/c1-8-5-10-11(17-7-16-10)6-9(8)14-12(15)3-4-13-2/h5-6,13H,3-4,7H2,1-2H3,(H,14,15). The molecule has 1 aliphatic heterocycles. The predicted octanol–water partition coefficient (Wildman–Crippen LogP) is 1.27. The van der Waals surface area contributed by atoms with E-state index in [2.05, 4.69) is 10.6 Å². The van der Waals surface area contributed by atoms with Crippen LogP contribution in [0.25, 0.3) is 0 Å². The van der Waals surface area contributed by atoms with E-state index in [9.17, 15) is 4.79 Å². The minimum Gasteiger partial charge on any atom is -0.454 e.